The number of nitrogens with zero attached hydrogens (tertiary/aromatic N) is 3. The third kappa shape index (κ3) is 2.37. The second-order valence-corrected chi connectivity index (χ2v) is 6.07. The van der Waals surface area contributed by atoms with Gasteiger partial charge in [0.2, 0.25) is 0 Å². The Morgan fingerprint density at radius 1 is 1.17 bits per heavy atom. The Labute approximate surface area is 143 Å². The predicted octanol–water partition coefficient (Wildman–Crippen LogP) is 3.44. The van der Waals surface area contributed by atoms with Gasteiger partial charge in [0.1, 0.15) is 6.17 Å². The summed E-state index contributed by atoms with van der Waals surface area (Å²) in [5, 5.41) is 7.90. The maximum Gasteiger partial charge on any atom is 0.300 e. The van der Waals surface area contributed by atoms with E-state index < -0.39 is 0 Å². The van der Waals surface area contributed by atoms with Crippen molar-refractivity contribution in [2.24, 2.45) is 0 Å². The van der Waals surface area contributed by atoms with Gasteiger partial charge in [-0.15, -0.1) is 11.6 Å². The molecule has 4 rings (SSSR count). The van der Waals surface area contributed by atoms with Crippen LogP contribution in [-0.2, 0) is 0 Å². The van der Waals surface area contributed by atoms with Gasteiger partial charge in [-0.1, -0.05) is 42.0 Å². The summed E-state index contributed by atoms with van der Waals surface area (Å²) in [6, 6.07) is 15.4. The predicted molar refractivity (Wildman–Crippen MR) is 95.3 cm³/mol. The smallest absolute Gasteiger partial charge is 0.300 e. The van der Waals surface area contributed by atoms with Crippen molar-refractivity contribution in [3.63, 3.8) is 0 Å². The number of halogens is 1. The Morgan fingerprint density at radius 3 is 2.67 bits per heavy atom. The van der Waals surface area contributed by atoms with E-state index >= 15 is 0 Å². The number of fused-ring (bicyclic) bond motifs is 3. The molecule has 1 aliphatic rings. The SMILES string of the molecule is Cc1ccc(-c2nn3c(nc2=O)-c2ccccc2NC3CCl)cc1. The molecular weight excluding hydrogens is 324 g/mol. The number of para-hydroxylation sites is 1. The van der Waals surface area contributed by atoms with Crippen molar-refractivity contribution in [2.45, 2.75) is 13.1 Å². The van der Waals surface area contributed by atoms with E-state index in [2.05, 4.69) is 15.4 Å². The van der Waals surface area contributed by atoms with Crippen LogP contribution < -0.4 is 10.9 Å². The lowest BCUT2D eigenvalue weighted by molar-refractivity contribution is 0.526. The van der Waals surface area contributed by atoms with Crippen LogP contribution in [0.1, 0.15) is 11.7 Å². The van der Waals surface area contributed by atoms with Crippen molar-refractivity contribution in [3.8, 4) is 22.6 Å². The lowest BCUT2D eigenvalue weighted by atomic mass is 10.1. The Morgan fingerprint density at radius 2 is 1.92 bits per heavy atom. The van der Waals surface area contributed by atoms with Crippen molar-refractivity contribution >= 4 is 17.3 Å². The summed E-state index contributed by atoms with van der Waals surface area (Å²) < 4.78 is 1.70. The van der Waals surface area contributed by atoms with Gasteiger partial charge in [0.05, 0.1) is 5.88 Å². The highest BCUT2D eigenvalue weighted by Crippen LogP contribution is 2.34. The Balaban J connectivity index is 1.94. The first-order chi connectivity index (χ1) is 11.7. The van der Waals surface area contributed by atoms with Gasteiger partial charge in [0.25, 0.3) is 5.56 Å². The Kier molecular flexibility index (Phi) is 3.58. The second kappa shape index (κ2) is 5.76. The number of benzene rings is 2. The number of hydrogen-bond donors (Lipinski definition) is 1. The standard InChI is InChI=1S/C18H15ClN4O/c1-11-6-8-12(9-7-11)16-18(24)21-17-13-4-2-3-5-14(13)20-15(10-19)23(17)22-16/h2-9,15,20H,10H2,1H3. The molecule has 0 fully saturated rings. The number of hydrogen-bond acceptors (Lipinski definition) is 4. The molecule has 5 nitrogen and oxygen atoms in total. The zero-order valence-electron chi connectivity index (χ0n) is 13.0. The van der Waals surface area contributed by atoms with Gasteiger partial charge in [-0.25, -0.2) is 4.68 Å². The van der Waals surface area contributed by atoms with E-state index in [1.54, 1.807) is 4.68 Å². The molecule has 120 valence electrons. The van der Waals surface area contributed by atoms with Crippen LogP contribution in [0.2, 0.25) is 0 Å². The van der Waals surface area contributed by atoms with Gasteiger partial charge in [0, 0.05) is 16.8 Å². The van der Waals surface area contributed by atoms with Crippen molar-refractivity contribution in [3.05, 3.63) is 64.4 Å². The van der Waals surface area contributed by atoms with Gasteiger partial charge in [-0.2, -0.15) is 10.1 Å². The van der Waals surface area contributed by atoms with Crippen LogP contribution in [0.5, 0.6) is 0 Å². The Bertz CT molecular complexity index is 965. The van der Waals surface area contributed by atoms with Gasteiger partial charge in [-0.3, -0.25) is 4.79 Å². The lowest BCUT2D eigenvalue weighted by Gasteiger charge is -2.28. The molecule has 0 aliphatic carbocycles. The molecule has 2 aromatic carbocycles. The van der Waals surface area contributed by atoms with Crippen LogP contribution in [0.4, 0.5) is 5.69 Å². The first-order valence-corrected chi connectivity index (χ1v) is 8.20. The largest absolute Gasteiger partial charge is 0.362 e. The second-order valence-electron chi connectivity index (χ2n) is 5.76. The fourth-order valence-corrected chi connectivity index (χ4v) is 3.05. The normalized spacial score (nSPS) is 15.3. The van der Waals surface area contributed by atoms with Crippen molar-refractivity contribution in [2.75, 3.05) is 11.2 Å². The zero-order valence-corrected chi connectivity index (χ0v) is 13.8. The molecule has 0 amide bonds. The van der Waals surface area contributed by atoms with E-state index in [0.717, 1.165) is 22.4 Å². The average molecular weight is 339 g/mol. The molecule has 1 aromatic heterocycles. The van der Waals surface area contributed by atoms with Gasteiger partial charge in [-0.05, 0) is 19.1 Å². The van der Waals surface area contributed by atoms with Crippen LogP contribution in [-0.4, -0.2) is 20.6 Å². The maximum atomic E-state index is 12.5. The molecule has 1 N–H and O–H groups in total. The molecule has 0 saturated heterocycles. The van der Waals surface area contributed by atoms with Gasteiger partial charge >= 0.3 is 0 Å². The number of rotatable bonds is 2. The minimum Gasteiger partial charge on any atom is -0.362 e. The summed E-state index contributed by atoms with van der Waals surface area (Å²) >= 11 is 6.10. The Hall–Kier alpha value is -2.66. The summed E-state index contributed by atoms with van der Waals surface area (Å²) in [6.07, 6.45) is -0.256. The highest BCUT2D eigenvalue weighted by Gasteiger charge is 2.26. The van der Waals surface area contributed by atoms with E-state index in [9.17, 15) is 4.79 Å². The third-order valence-corrected chi connectivity index (χ3v) is 4.38. The number of anilines is 1. The molecular formula is C18H15ClN4O. The molecule has 1 unspecified atom stereocenters. The van der Waals surface area contributed by atoms with E-state index in [-0.39, 0.29) is 11.7 Å². The molecule has 6 heteroatoms. The van der Waals surface area contributed by atoms with Crippen molar-refractivity contribution in [1.82, 2.24) is 14.8 Å². The average Bonchev–Trinajstić information content (AvgIpc) is 2.61. The zero-order chi connectivity index (χ0) is 16.7. The summed E-state index contributed by atoms with van der Waals surface area (Å²) in [6.45, 7) is 2.00. The van der Waals surface area contributed by atoms with Gasteiger partial charge < -0.3 is 5.32 Å². The molecule has 1 aliphatic heterocycles. The van der Waals surface area contributed by atoms with Crippen LogP contribution >= 0.6 is 11.6 Å². The number of nitrogens with one attached hydrogen (secondary N) is 1. The van der Waals surface area contributed by atoms with Crippen molar-refractivity contribution < 1.29 is 0 Å². The summed E-state index contributed by atoms with van der Waals surface area (Å²) in [5.74, 6) is 0.850. The van der Waals surface area contributed by atoms with Crippen LogP contribution in [0.25, 0.3) is 22.6 Å². The van der Waals surface area contributed by atoms with Crippen LogP contribution in [0, 0.1) is 6.92 Å². The van der Waals surface area contributed by atoms with E-state index in [4.69, 9.17) is 11.6 Å². The quantitative estimate of drug-likeness (QED) is 0.727. The summed E-state index contributed by atoms with van der Waals surface area (Å²) in [4.78, 5) is 16.8. The van der Waals surface area contributed by atoms with Crippen LogP contribution in [0.3, 0.4) is 0 Å². The minimum atomic E-state index is -0.338. The monoisotopic (exact) mass is 338 g/mol. The highest BCUT2D eigenvalue weighted by atomic mass is 35.5. The van der Waals surface area contributed by atoms with E-state index in [1.165, 1.54) is 0 Å². The topological polar surface area (TPSA) is 59.8 Å². The van der Waals surface area contributed by atoms with E-state index in [1.807, 2.05) is 55.5 Å². The molecule has 2 heterocycles. The molecule has 0 spiro atoms. The summed E-state index contributed by atoms with van der Waals surface area (Å²) in [5.41, 5.74) is 3.61. The molecule has 3 aromatic rings. The summed E-state index contributed by atoms with van der Waals surface area (Å²) in [7, 11) is 0. The van der Waals surface area contributed by atoms with Crippen molar-refractivity contribution in [1.29, 1.82) is 0 Å². The fourth-order valence-electron chi connectivity index (χ4n) is 2.84. The molecule has 0 saturated carbocycles. The van der Waals surface area contributed by atoms with Crippen LogP contribution in [0.15, 0.2) is 53.3 Å². The number of aromatic nitrogens is 3. The fraction of sp³-hybridized carbons (Fsp3) is 0.167. The first-order valence-electron chi connectivity index (χ1n) is 7.67. The first kappa shape index (κ1) is 14.9. The van der Waals surface area contributed by atoms with Gasteiger partial charge in [0.15, 0.2) is 11.5 Å². The molecule has 24 heavy (non-hydrogen) atoms. The van der Waals surface area contributed by atoms with E-state index in [0.29, 0.717) is 17.4 Å². The number of aryl methyl sites for hydroxylation is 1. The molecule has 1 atom stereocenters. The minimum absolute atomic E-state index is 0.256. The third-order valence-electron chi connectivity index (χ3n) is 4.09. The molecule has 0 radical (unpaired) electrons. The molecule has 0 bridgehead atoms. The lowest BCUT2D eigenvalue weighted by Crippen LogP contribution is -2.32. The maximum absolute atomic E-state index is 12.5. The highest BCUT2D eigenvalue weighted by molar-refractivity contribution is 6.18. The number of alkyl halides is 1.